The Morgan fingerprint density at radius 1 is 1.08 bits per heavy atom. The van der Waals surface area contributed by atoms with E-state index in [0.29, 0.717) is 25.4 Å². The molecule has 1 aromatic carbocycles. The van der Waals surface area contributed by atoms with Crippen LogP contribution in [0.5, 0.6) is 11.5 Å². The summed E-state index contributed by atoms with van der Waals surface area (Å²) >= 11 is 0. The van der Waals surface area contributed by atoms with Gasteiger partial charge in [-0.05, 0) is 44.0 Å². The van der Waals surface area contributed by atoms with Gasteiger partial charge in [0, 0.05) is 24.5 Å². The van der Waals surface area contributed by atoms with Gasteiger partial charge in [0.1, 0.15) is 11.5 Å². The van der Waals surface area contributed by atoms with E-state index in [0.717, 1.165) is 18.6 Å². The summed E-state index contributed by atoms with van der Waals surface area (Å²) in [5, 5.41) is 2.99. The topological polar surface area (TPSA) is 67.9 Å². The van der Waals surface area contributed by atoms with Gasteiger partial charge in [-0.1, -0.05) is 20.8 Å². The van der Waals surface area contributed by atoms with Crippen LogP contribution in [0.15, 0.2) is 24.3 Å². The fourth-order valence-electron chi connectivity index (χ4n) is 2.92. The number of amides is 2. The number of benzene rings is 1. The van der Waals surface area contributed by atoms with E-state index in [9.17, 15) is 9.59 Å². The quantitative estimate of drug-likeness (QED) is 0.845. The molecule has 0 atom stereocenters. The molecule has 0 bridgehead atoms. The Morgan fingerprint density at radius 2 is 1.62 bits per heavy atom. The second kappa shape index (κ2) is 8.92. The van der Waals surface area contributed by atoms with Gasteiger partial charge in [0.15, 0.2) is 6.61 Å². The summed E-state index contributed by atoms with van der Waals surface area (Å²) in [6, 6.07) is 7.30. The van der Waals surface area contributed by atoms with E-state index in [2.05, 4.69) is 5.32 Å². The molecule has 6 heteroatoms. The fraction of sp³-hybridized carbons (Fsp3) is 0.600. The van der Waals surface area contributed by atoms with E-state index >= 15 is 0 Å². The third kappa shape index (κ3) is 5.93. The summed E-state index contributed by atoms with van der Waals surface area (Å²) in [4.78, 5) is 26.3. The lowest BCUT2D eigenvalue weighted by Crippen LogP contribution is -2.49. The molecule has 0 aliphatic carbocycles. The molecule has 1 aliphatic heterocycles. The third-order valence-electron chi connectivity index (χ3n) is 4.29. The van der Waals surface area contributed by atoms with Gasteiger partial charge in [-0.2, -0.15) is 0 Å². The number of piperidine rings is 1. The van der Waals surface area contributed by atoms with Gasteiger partial charge in [0.2, 0.25) is 5.91 Å². The Bertz CT molecular complexity index is 599. The molecule has 1 fully saturated rings. The number of carbonyl (C=O) groups is 2. The third-order valence-corrected chi connectivity index (χ3v) is 4.29. The van der Waals surface area contributed by atoms with E-state index in [1.165, 1.54) is 0 Å². The second-order valence-corrected chi connectivity index (χ2v) is 7.58. The first-order chi connectivity index (χ1) is 12.3. The van der Waals surface area contributed by atoms with Crippen molar-refractivity contribution in [1.29, 1.82) is 0 Å². The number of hydrogen-bond acceptors (Lipinski definition) is 4. The van der Waals surface area contributed by atoms with Gasteiger partial charge in [-0.15, -0.1) is 0 Å². The number of ether oxygens (including phenoxy) is 2. The highest BCUT2D eigenvalue weighted by atomic mass is 16.5. The van der Waals surface area contributed by atoms with Crippen LogP contribution in [0.25, 0.3) is 0 Å². The zero-order chi connectivity index (χ0) is 19.2. The molecule has 0 radical (unpaired) electrons. The smallest absolute Gasteiger partial charge is 0.258 e. The predicted molar refractivity (Wildman–Crippen MR) is 100 cm³/mol. The molecule has 1 N–H and O–H groups in total. The number of likely N-dealkylation sites (tertiary alicyclic amines) is 1. The summed E-state index contributed by atoms with van der Waals surface area (Å²) in [6.07, 6.45) is 1.55. The first-order valence-electron chi connectivity index (χ1n) is 9.24. The Hall–Kier alpha value is -2.24. The van der Waals surface area contributed by atoms with Gasteiger partial charge >= 0.3 is 0 Å². The molecular formula is C20H30N2O4. The standard InChI is InChI=1S/C20H30N2O4/c1-5-25-16-6-8-17(9-7-16)26-14-18(23)21-15-10-12-22(13-11-15)19(24)20(2,3)4/h6-9,15H,5,10-14H2,1-4H3,(H,21,23). The molecule has 1 heterocycles. The van der Waals surface area contributed by atoms with Crippen LogP contribution in [0.3, 0.4) is 0 Å². The van der Waals surface area contributed by atoms with Crippen molar-refractivity contribution >= 4 is 11.8 Å². The second-order valence-electron chi connectivity index (χ2n) is 7.58. The number of hydrogen-bond donors (Lipinski definition) is 1. The molecule has 1 aliphatic rings. The lowest BCUT2D eigenvalue weighted by atomic mass is 9.93. The largest absolute Gasteiger partial charge is 0.494 e. The van der Waals surface area contributed by atoms with E-state index in [1.54, 1.807) is 12.1 Å². The predicted octanol–water partition coefficient (Wildman–Crippen LogP) is 2.62. The molecule has 2 amide bonds. The van der Waals surface area contributed by atoms with Crippen molar-refractivity contribution in [1.82, 2.24) is 10.2 Å². The number of nitrogens with zero attached hydrogens (tertiary/aromatic N) is 1. The highest BCUT2D eigenvalue weighted by Crippen LogP contribution is 2.21. The van der Waals surface area contributed by atoms with E-state index in [1.807, 2.05) is 44.7 Å². The Morgan fingerprint density at radius 3 is 2.12 bits per heavy atom. The van der Waals surface area contributed by atoms with Crippen LogP contribution in [0.1, 0.15) is 40.5 Å². The lowest BCUT2D eigenvalue weighted by molar-refractivity contribution is -0.140. The Kier molecular flexibility index (Phi) is 6.89. The van der Waals surface area contributed by atoms with E-state index in [-0.39, 0.29) is 29.9 Å². The minimum absolute atomic E-state index is 0.0187. The van der Waals surface area contributed by atoms with Gasteiger partial charge in [-0.25, -0.2) is 0 Å². The SMILES string of the molecule is CCOc1ccc(OCC(=O)NC2CCN(C(=O)C(C)(C)C)CC2)cc1. The van der Waals surface area contributed by atoms with Gasteiger partial charge in [0.05, 0.1) is 6.61 Å². The van der Waals surface area contributed by atoms with Crippen LogP contribution in [0, 0.1) is 5.41 Å². The van der Waals surface area contributed by atoms with Crippen molar-refractivity contribution in [3.63, 3.8) is 0 Å². The van der Waals surface area contributed by atoms with E-state index < -0.39 is 0 Å². The zero-order valence-corrected chi connectivity index (χ0v) is 16.2. The van der Waals surface area contributed by atoms with E-state index in [4.69, 9.17) is 9.47 Å². The summed E-state index contributed by atoms with van der Waals surface area (Å²) in [5.41, 5.74) is -0.359. The molecule has 1 aromatic rings. The molecule has 0 saturated carbocycles. The molecule has 26 heavy (non-hydrogen) atoms. The first kappa shape index (κ1) is 20.1. The summed E-state index contributed by atoms with van der Waals surface area (Å²) in [6.45, 7) is 9.68. The van der Waals surface area contributed by atoms with Crippen LogP contribution in [0.4, 0.5) is 0 Å². The highest BCUT2D eigenvalue weighted by Gasteiger charge is 2.30. The van der Waals surface area contributed by atoms with Crippen LogP contribution in [0.2, 0.25) is 0 Å². The molecule has 1 saturated heterocycles. The normalized spacial score (nSPS) is 15.5. The maximum absolute atomic E-state index is 12.3. The average molecular weight is 362 g/mol. The number of nitrogens with one attached hydrogen (secondary N) is 1. The van der Waals surface area contributed by atoms with Crippen LogP contribution in [-0.4, -0.2) is 49.1 Å². The van der Waals surface area contributed by atoms with Crippen molar-refractivity contribution in [3.05, 3.63) is 24.3 Å². The zero-order valence-electron chi connectivity index (χ0n) is 16.2. The van der Waals surface area contributed by atoms with Crippen LogP contribution < -0.4 is 14.8 Å². The van der Waals surface area contributed by atoms with Gasteiger partial charge in [0.25, 0.3) is 5.91 Å². The van der Waals surface area contributed by atoms with Crippen LogP contribution >= 0.6 is 0 Å². The van der Waals surface area contributed by atoms with Gasteiger partial charge < -0.3 is 19.7 Å². The van der Waals surface area contributed by atoms with Crippen molar-refractivity contribution in [3.8, 4) is 11.5 Å². The summed E-state index contributed by atoms with van der Waals surface area (Å²) in [5.74, 6) is 1.44. The molecule has 0 aromatic heterocycles. The molecule has 0 unspecified atom stereocenters. The maximum Gasteiger partial charge on any atom is 0.258 e. The molecule has 0 spiro atoms. The monoisotopic (exact) mass is 362 g/mol. The minimum atomic E-state index is -0.359. The van der Waals surface area contributed by atoms with Crippen molar-refractivity contribution in [2.24, 2.45) is 5.41 Å². The average Bonchev–Trinajstić information content (AvgIpc) is 2.61. The fourth-order valence-corrected chi connectivity index (χ4v) is 2.92. The summed E-state index contributed by atoms with van der Waals surface area (Å²) in [7, 11) is 0. The number of carbonyl (C=O) groups excluding carboxylic acids is 2. The first-order valence-corrected chi connectivity index (χ1v) is 9.24. The van der Waals surface area contributed by atoms with Crippen LogP contribution in [-0.2, 0) is 9.59 Å². The van der Waals surface area contributed by atoms with Crippen molar-refractivity contribution in [2.75, 3.05) is 26.3 Å². The van der Waals surface area contributed by atoms with Crippen molar-refractivity contribution in [2.45, 2.75) is 46.6 Å². The summed E-state index contributed by atoms with van der Waals surface area (Å²) < 4.78 is 10.9. The molecule has 144 valence electrons. The maximum atomic E-state index is 12.3. The van der Waals surface area contributed by atoms with Gasteiger partial charge in [-0.3, -0.25) is 9.59 Å². The highest BCUT2D eigenvalue weighted by molar-refractivity contribution is 5.81. The molecule has 6 nitrogen and oxygen atoms in total. The minimum Gasteiger partial charge on any atom is -0.494 e. The Balaban J connectivity index is 1.71. The van der Waals surface area contributed by atoms with Crippen molar-refractivity contribution < 1.29 is 19.1 Å². The number of rotatable bonds is 6. The lowest BCUT2D eigenvalue weighted by Gasteiger charge is -2.36. The molecule has 2 rings (SSSR count). The Labute approximate surface area is 155 Å². The molecular weight excluding hydrogens is 332 g/mol.